The van der Waals surface area contributed by atoms with Gasteiger partial charge in [-0.15, -0.1) is 0 Å². The molecule has 1 aromatic carbocycles. The van der Waals surface area contributed by atoms with E-state index >= 15 is 0 Å². The lowest BCUT2D eigenvalue weighted by Gasteiger charge is -2.36. The summed E-state index contributed by atoms with van der Waals surface area (Å²) in [6.07, 6.45) is -3.53. The Morgan fingerprint density at radius 3 is 2.21 bits per heavy atom. The van der Waals surface area contributed by atoms with E-state index in [2.05, 4.69) is 0 Å². The molecule has 0 N–H and O–H groups in total. The first kappa shape index (κ1) is 25.9. The Kier molecular flexibility index (Phi) is 7.20. The summed E-state index contributed by atoms with van der Waals surface area (Å²) in [4.78, 5) is 13.9. The number of benzene rings is 1. The fraction of sp³-hybridized carbons (Fsp3) is 0.682. The molecule has 1 saturated heterocycles. The minimum absolute atomic E-state index is 0.0249. The third-order valence-electron chi connectivity index (χ3n) is 5.74. The standard InChI is InChI=1S/C22H30ClF3N2O4S/c1-14-11-19(28(13-22(24,25)26)33(30,31)16-5-6-16)17(12-18(14)23)15-7-9-27(10-8-15)20(29)32-21(2,3)4/h11-12,15-16H,5-10,13H2,1-4H3. The van der Waals surface area contributed by atoms with E-state index in [9.17, 15) is 26.4 Å². The number of hydrogen-bond acceptors (Lipinski definition) is 4. The molecule has 2 fully saturated rings. The molecule has 0 aromatic heterocycles. The number of sulfonamides is 1. The summed E-state index contributed by atoms with van der Waals surface area (Å²) in [6, 6.07) is 3.01. The molecule has 33 heavy (non-hydrogen) atoms. The van der Waals surface area contributed by atoms with Crippen molar-refractivity contribution in [1.82, 2.24) is 4.90 Å². The predicted octanol–water partition coefficient (Wildman–Crippen LogP) is 5.62. The summed E-state index contributed by atoms with van der Waals surface area (Å²) in [5.74, 6) is -0.248. The molecule has 1 heterocycles. The van der Waals surface area contributed by atoms with Gasteiger partial charge in [0.1, 0.15) is 12.1 Å². The van der Waals surface area contributed by atoms with E-state index in [1.54, 1.807) is 38.7 Å². The van der Waals surface area contributed by atoms with Gasteiger partial charge in [-0.25, -0.2) is 13.2 Å². The van der Waals surface area contributed by atoms with Crippen LogP contribution in [0.4, 0.5) is 23.7 Å². The molecule has 2 aliphatic rings. The molecule has 0 radical (unpaired) electrons. The van der Waals surface area contributed by atoms with Gasteiger partial charge in [-0.1, -0.05) is 11.6 Å². The summed E-state index contributed by atoms with van der Waals surface area (Å²) in [5, 5.41) is -0.434. The van der Waals surface area contributed by atoms with Crippen molar-refractivity contribution in [3.05, 3.63) is 28.3 Å². The van der Waals surface area contributed by atoms with E-state index in [1.165, 1.54) is 6.07 Å². The highest BCUT2D eigenvalue weighted by Crippen LogP contribution is 2.42. The lowest BCUT2D eigenvalue weighted by molar-refractivity contribution is -0.117. The van der Waals surface area contributed by atoms with Crippen LogP contribution >= 0.6 is 11.6 Å². The molecule has 1 amide bonds. The van der Waals surface area contributed by atoms with Crippen molar-refractivity contribution in [2.24, 2.45) is 0 Å². The van der Waals surface area contributed by atoms with Gasteiger partial charge in [-0.3, -0.25) is 4.31 Å². The predicted molar refractivity (Wildman–Crippen MR) is 121 cm³/mol. The lowest BCUT2D eigenvalue weighted by atomic mass is 9.87. The van der Waals surface area contributed by atoms with Crippen LogP contribution < -0.4 is 4.31 Å². The zero-order valence-corrected chi connectivity index (χ0v) is 20.8. The number of alkyl halides is 3. The van der Waals surface area contributed by atoms with E-state index in [4.69, 9.17) is 16.3 Å². The van der Waals surface area contributed by atoms with Gasteiger partial charge in [0, 0.05) is 18.1 Å². The minimum atomic E-state index is -4.70. The second kappa shape index (κ2) is 9.17. The van der Waals surface area contributed by atoms with Gasteiger partial charge in [0.05, 0.1) is 10.9 Å². The zero-order chi connectivity index (χ0) is 24.8. The summed E-state index contributed by atoms with van der Waals surface area (Å²) < 4.78 is 72.3. The average Bonchev–Trinajstić information content (AvgIpc) is 3.52. The fourth-order valence-corrected chi connectivity index (χ4v) is 5.97. The number of anilines is 1. The molecule has 3 rings (SSSR count). The summed E-state index contributed by atoms with van der Waals surface area (Å²) in [7, 11) is -4.16. The third kappa shape index (κ3) is 6.47. The van der Waals surface area contributed by atoms with Crippen LogP contribution in [0.15, 0.2) is 12.1 Å². The van der Waals surface area contributed by atoms with E-state index in [0.717, 1.165) is 0 Å². The van der Waals surface area contributed by atoms with Gasteiger partial charge in [0.2, 0.25) is 10.0 Å². The van der Waals surface area contributed by atoms with Crippen LogP contribution in [0.1, 0.15) is 63.5 Å². The number of likely N-dealkylation sites (tertiary alicyclic amines) is 1. The highest BCUT2D eigenvalue weighted by Gasteiger charge is 2.45. The van der Waals surface area contributed by atoms with Gasteiger partial charge in [-0.2, -0.15) is 13.2 Å². The molecule has 186 valence electrons. The van der Waals surface area contributed by atoms with Crippen molar-refractivity contribution >= 4 is 33.4 Å². The van der Waals surface area contributed by atoms with E-state index in [0.29, 0.717) is 59.2 Å². The van der Waals surface area contributed by atoms with Crippen molar-refractivity contribution < 1.29 is 31.1 Å². The largest absolute Gasteiger partial charge is 0.444 e. The molecule has 1 aliphatic heterocycles. The Bertz CT molecular complexity index is 996. The molecular formula is C22H30ClF3N2O4S. The Morgan fingerprint density at radius 1 is 1.15 bits per heavy atom. The van der Waals surface area contributed by atoms with Crippen LogP contribution in [0.3, 0.4) is 0 Å². The van der Waals surface area contributed by atoms with E-state index in [-0.39, 0.29) is 11.6 Å². The molecular weight excluding hydrogens is 481 g/mol. The highest BCUT2D eigenvalue weighted by molar-refractivity contribution is 7.93. The molecule has 0 bridgehead atoms. The Morgan fingerprint density at radius 2 is 1.73 bits per heavy atom. The van der Waals surface area contributed by atoms with Gasteiger partial charge in [0.15, 0.2) is 0 Å². The van der Waals surface area contributed by atoms with Crippen LogP contribution in [0.2, 0.25) is 5.02 Å². The average molecular weight is 511 g/mol. The van der Waals surface area contributed by atoms with Gasteiger partial charge in [0.25, 0.3) is 0 Å². The SMILES string of the molecule is Cc1cc(N(CC(F)(F)F)S(=O)(=O)C2CC2)c(C2CCN(C(=O)OC(C)(C)C)CC2)cc1Cl. The van der Waals surface area contributed by atoms with Crippen molar-refractivity contribution in [3.63, 3.8) is 0 Å². The smallest absolute Gasteiger partial charge is 0.410 e. The molecule has 6 nitrogen and oxygen atoms in total. The molecule has 0 atom stereocenters. The molecule has 0 spiro atoms. The van der Waals surface area contributed by atoms with Crippen LogP contribution in [-0.4, -0.2) is 56.1 Å². The Labute approximate surface area is 198 Å². The van der Waals surface area contributed by atoms with E-state index < -0.39 is 39.7 Å². The molecule has 11 heteroatoms. The summed E-state index contributed by atoms with van der Waals surface area (Å²) in [6.45, 7) is 6.06. The van der Waals surface area contributed by atoms with Crippen LogP contribution in [0.5, 0.6) is 0 Å². The van der Waals surface area contributed by atoms with Gasteiger partial charge < -0.3 is 9.64 Å². The first-order chi connectivity index (χ1) is 15.1. The van der Waals surface area contributed by atoms with Gasteiger partial charge in [-0.05, 0) is 82.6 Å². The normalized spacial score (nSPS) is 18.4. The number of piperidine rings is 1. The molecule has 1 aliphatic carbocycles. The first-order valence-electron chi connectivity index (χ1n) is 10.9. The van der Waals surface area contributed by atoms with Crippen LogP contribution in [0, 0.1) is 6.92 Å². The van der Waals surface area contributed by atoms with E-state index in [1.807, 2.05) is 0 Å². The number of amides is 1. The maximum Gasteiger partial charge on any atom is 0.410 e. The zero-order valence-electron chi connectivity index (χ0n) is 19.2. The molecule has 1 saturated carbocycles. The number of halogens is 4. The third-order valence-corrected chi connectivity index (χ3v) is 8.40. The van der Waals surface area contributed by atoms with Crippen LogP contribution in [-0.2, 0) is 14.8 Å². The summed E-state index contributed by atoms with van der Waals surface area (Å²) in [5.41, 5.74) is 0.348. The number of ether oxygens (including phenoxy) is 1. The summed E-state index contributed by atoms with van der Waals surface area (Å²) >= 11 is 6.31. The quantitative estimate of drug-likeness (QED) is 0.515. The number of rotatable bonds is 5. The second-order valence-electron chi connectivity index (χ2n) is 9.77. The number of carbonyl (C=O) groups excluding carboxylic acids is 1. The number of hydrogen-bond donors (Lipinski definition) is 0. The monoisotopic (exact) mass is 510 g/mol. The number of aryl methyl sites for hydroxylation is 1. The highest BCUT2D eigenvalue weighted by atomic mass is 35.5. The molecule has 0 unspecified atom stereocenters. The first-order valence-corrected chi connectivity index (χ1v) is 12.8. The number of carbonyl (C=O) groups is 1. The maximum absolute atomic E-state index is 13.4. The Hall–Kier alpha value is -1.68. The number of nitrogens with zero attached hydrogens (tertiary/aromatic N) is 2. The van der Waals surface area contributed by atoms with Crippen molar-refractivity contribution in [2.45, 2.75) is 76.3 Å². The second-order valence-corrected chi connectivity index (χ2v) is 12.3. The molecule has 1 aromatic rings. The fourth-order valence-electron chi connectivity index (χ4n) is 3.95. The van der Waals surface area contributed by atoms with Gasteiger partial charge >= 0.3 is 12.3 Å². The van der Waals surface area contributed by atoms with Crippen LogP contribution in [0.25, 0.3) is 0 Å². The van der Waals surface area contributed by atoms with Crippen molar-refractivity contribution in [2.75, 3.05) is 23.9 Å². The maximum atomic E-state index is 13.4. The Balaban J connectivity index is 1.92. The van der Waals surface area contributed by atoms with Crippen molar-refractivity contribution in [1.29, 1.82) is 0 Å². The van der Waals surface area contributed by atoms with Crippen molar-refractivity contribution in [3.8, 4) is 0 Å². The minimum Gasteiger partial charge on any atom is -0.444 e. The topological polar surface area (TPSA) is 66.9 Å². The lowest BCUT2D eigenvalue weighted by Crippen LogP contribution is -2.43.